The van der Waals surface area contributed by atoms with Crippen LogP contribution in [-0.2, 0) is 38.7 Å². The lowest BCUT2D eigenvalue weighted by molar-refractivity contribution is -0.297. The van der Waals surface area contributed by atoms with Crippen molar-refractivity contribution < 1.29 is 56.8 Å². The molecule has 1 saturated heterocycles. The van der Waals surface area contributed by atoms with Crippen molar-refractivity contribution in [2.45, 2.75) is 198 Å². The van der Waals surface area contributed by atoms with Gasteiger partial charge in [0.1, 0.15) is 36.8 Å². The highest BCUT2D eigenvalue weighted by Crippen LogP contribution is 2.24. The summed E-state index contributed by atoms with van der Waals surface area (Å²) < 4.78 is 54.0. The average molecular weight is 867 g/mol. The van der Waals surface area contributed by atoms with Gasteiger partial charge in [0.25, 0.3) is 10.1 Å². The molecule has 1 heterocycles. The van der Waals surface area contributed by atoms with Crippen LogP contribution in [0.25, 0.3) is 0 Å². The lowest BCUT2D eigenvalue weighted by atomic mass is 10.00. The Morgan fingerprint density at radius 1 is 0.617 bits per heavy atom. The number of rotatable bonds is 36. The third kappa shape index (κ3) is 31.0. The van der Waals surface area contributed by atoms with Gasteiger partial charge in [0, 0.05) is 12.8 Å². The van der Waals surface area contributed by atoms with E-state index in [1.807, 2.05) is 12.2 Å². The summed E-state index contributed by atoms with van der Waals surface area (Å²) in [7, 11) is -4.61. The minimum Gasteiger partial charge on any atom is -0.462 e. The Morgan fingerprint density at radius 2 is 1.12 bits per heavy atom. The van der Waals surface area contributed by atoms with Crippen molar-refractivity contribution in [3.05, 3.63) is 66.5 Å². The Balaban J connectivity index is 2.52. The third-order valence-corrected chi connectivity index (χ3v) is 10.6. The number of aliphatic hydroxyl groups is 3. The Bertz CT molecular complexity index is 1400. The van der Waals surface area contributed by atoms with Crippen LogP contribution in [0, 0.1) is 0 Å². The number of esters is 2. The van der Waals surface area contributed by atoms with E-state index < -0.39 is 71.2 Å². The Morgan fingerprint density at radius 3 is 1.72 bits per heavy atom. The van der Waals surface area contributed by atoms with Crippen molar-refractivity contribution >= 4 is 22.1 Å². The minimum absolute atomic E-state index is 0.0809. The van der Waals surface area contributed by atoms with E-state index in [-0.39, 0.29) is 19.4 Å². The molecule has 0 aliphatic carbocycles. The molecular formula is C47H78O12S. The molecule has 1 aliphatic heterocycles. The van der Waals surface area contributed by atoms with E-state index in [4.69, 9.17) is 18.9 Å². The first kappa shape index (κ1) is 55.1. The van der Waals surface area contributed by atoms with Crippen LogP contribution in [0.5, 0.6) is 0 Å². The molecule has 6 atom stereocenters. The van der Waals surface area contributed by atoms with Crippen LogP contribution in [0.15, 0.2) is 66.5 Å². The molecular weight excluding hydrogens is 789 g/mol. The molecule has 0 spiro atoms. The van der Waals surface area contributed by atoms with Gasteiger partial charge in [-0.1, -0.05) is 120 Å². The number of aliphatic hydroxyl groups excluding tert-OH is 3. The van der Waals surface area contributed by atoms with E-state index in [0.717, 1.165) is 64.2 Å². The number of carbonyl (C=O) groups excluding carboxylic acids is 2. The Kier molecular flexibility index (Phi) is 33.8. The molecule has 12 nitrogen and oxygen atoms in total. The van der Waals surface area contributed by atoms with Gasteiger partial charge in [-0.15, -0.1) is 5.73 Å². The van der Waals surface area contributed by atoms with Crippen LogP contribution in [0.4, 0.5) is 0 Å². The summed E-state index contributed by atoms with van der Waals surface area (Å²) in [6.07, 6.45) is 33.4. The molecule has 0 bridgehead atoms. The maximum atomic E-state index is 12.8. The molecule has 0 aromatic carbocycles. The van der Waals surface area contributed by atoms with Gasteiger partial charge in [0.05, 0.1) is 6.61 Å². The summed E-state index contributed by atoms with van der Waals surface area (Å²) >= 11 is 0. The van der Waals surface area contributed by atoms with E-state index >= 15 is 0 Å². The van der Waals surface area contributed by atoms with Crippen molar-refractivity contribution in [1.82, 2.24) is 0 Å². The highest BCUT2D eigenvalue weighted by molar-refractivity contribution is 7.85. The molecule has 0 saturated carbocycles. The topological polar surface area (TPSA) is 186 Å². The summed E-state index contributed by atoms with van der Waals surface area (Å²) in [4.78, 5) is 25.4. The van der Waals surface area contributed by atoms with Crippen molar-refractivity contribution in [1.29, 1.82) is 0 Å². The lowest BCUT2D eigenvalue weighted by Crippen LogP contribution is -2.60. The van der Waals surface area contributed by atoms with Crippen molar-refractivity contribution in [3.8, 4) is 0 Å². The number of allylic oxidation sites excluding steroid dienone is 9. The van der Waals surface area contributed by atoms with Gasteiger partial charge >= 0.3 is 11.9 Å². The second-order valence-electron chi connectivity index (χ2n) is 15.5. The molecule has 1 rings (SSSR count). The first-order chi connectivity index (χ1) is 29.0. The predicted molar refractivity (Wildman–Crippen MR) is 237 cm³/mol. The van der Waals surface area contributed by atoms with Crippen LogP contribution in [0.1, 0.15) is 162 Å². The van der Waals surface area contributed by atoms with Crippen LogP contribution in [0.3, 0.4) is 0 Å². The maximum absolute atomic E-state index is 12.8. The summed E-state index contributed by atoms with van der Waals surface area (Å²) in [6.45, 7) is 3.64. The normalized spacial score (nSPS) is 20.3. The minimum atomic E-state index is -4.61. The molecule has 4 N–H and O–H groups in total. The molecule has 60 heavy (non-hydrogen) atoms. The lowest BCUT2D eigenvalue weighted by Gasteiger charge is -2.40. The number of unbranched alkanes of at least 4 members (excludes halogenated alkanes) is 14. The highest BCUT2D eigenvalue weighted by atomic mass is 32.2. The summed E-state index contributed by atoms with van der Waals surface area (Å²) in [5.74, 6) is -2.09. The second-order valence-corrected chi connectivity index (χ2v) is 17.0. The fourth-order valence-electron chi connectivity index (χ4n) is 6.29. The molecule has 0 amide bonds. The van der Waals surface area contributed by atoms with Gasteiger partial charge in [0.15, 0.2) is 12.4 Å². The molecule has 1 fully saturated rings. The number of hydrogen-bond acceptors (Lipinski definition) is 11. The zero-order chi connectivity index (χ0) is 44.1. The monoisotopic (exact) mass is 867 g/mol. The smallest absolute Gasteiger partial charge is 0.306 e. The first-order valence-corrected chi connectivity index (χ1v) is 24.2. The van der Waals surface area contributed by atoms with Gasteiger partial charge < -0.3 is 34.3 Å². The van der Waals surface area contributed by atoms with E-state index in [1.165, 1.54) is 51.4 Å². The van der Waals surface area contributed by atoms with E-state index in [1.54, 1.807) is 0 Å². The summed E-state index contributed by atoms with van der Waals surface area (Å²) in [5, 5.41) is 30.9. The van der Waals surface area contributed by atoms with Gasteiger partial charge in [-0.3, -0.25) is 14.1 Å². The van der Waals surface area contributed by atoms with Crippen LogP contribution in [0.2, 0.25) is 0 Å². The van der Waals surface area contributed by atoms with Crippen LogP contribution < -0.4 is 0 Å². The summed E-state index contributed by atoms with van der Waals surface area (Å²) in [5.41, 5.74) is 3.27. The van der Waals surface area contributed by atoms with Crippen molar-refractivity contribution in [2.24, 2.45) is 0 Å². The first-order valence-electron chi connectivity index (χ1n) is 22.6. The van der Waals surface area contributed by atoms with Crippen LogP contribution >= 0.6 is 0 Å². The van der Waals surface area contributed by atoms with Crippen LogP contribution in [-0.4, -0.2) is 96.0 Å². The van der Waals surface area contributed by atoms with Gasteiger partial charge in [-0.2, -0.15) is 8.42 Å². The molecule has 2 unspecified atom stereocenters. The van der Waals surface area contributed by atoms with E-state index in [9.17, 15) is 37.9 Å². The molecule has 344 valence electrons. The summed E-state index contributed by atoms with van der Waals surface area (Å²) in [6, 6.07) is 0. The fourth-order valence-corrected chi connectivity index (χ4v) is 6.98. The quantitative estimate of drug-likeness (QED) is 0.0154. The van der Waals surface area contributed by atoms with Gasteiger partial charge in [0.2, 0.25) is 0 Å². The molecule has 1 aliphatic rings. The Labute approximate surface area is 361 Å². The van der Waals surface area contributed by atoms with Crippen molar-refractivity contribution in [2.75, 3.05) is 19.0 Å². The van der Waals surface area contributed by atoms with Crippen molar-refractivity contribution in [3.63, 3.8) is 0 Å². The molecule has 0 aromatic heterocycles. The maximum Gasteiger partial charge on any atom is 0.306 e. The number of hydrogen-bond donors (Lipinski definition) is 4. The van der Waals surface area contributed by atoms with E-state index in [0.29, 0.717) is 19.3 Å². The average Bonchev–Trinajstić information content (AvgIpc) is 3.21. The second kappa shape index (κ2) is 36.8. The molecule has 13 heteroatoms. The fraction of sp³-hybridized carbons (Fsp3) is 0.723. The largest absolute Gasteiger partial charge is 0.462 e. The number of carbonyl (C=O) groups is 2. The zero-order valence-corrected chi connectivity index (χ0v) is 37.4. The molecule has 0 radical (unpaired) electrons. The standard InChI is InChI=1S/C47H78O12S/c1-3-5-7-9-11-13-15-17-19-20-22-24-26-28-30-32-34-36-43(49)58-40(38-57-47-46(52)45(51)44(50)41(59-47)39-60(53,54)55)37-56-42(48)35-33-31-29-27-25-23-21-18-16-14-12-10-8-6-4-2/h11,13,16-17,19,21-22,24,28,30,40-41,44-47,50-52H,3-10,12,14-15,20,23,25-27,29,31-39H2,1-2H3,(H,53,54,55)/b13-11+,19-17+,24-22+,30-28+/t18?,40-,41-,44-,45?,46?,47+/m1/s1. The van der Waals surface area contributed by atoms with E-state index in [2.05, 4.69) is 68.2 Å². The highest BCUT2D eigenvalue weighted by Gasteiger charge is 2.46. The SMILES string of the molecule is CCCCC/C=C/C/C=C/C/C=C/C/C=C/CCCC(=O)O[C@H](COC(=O)CCCCCCCC=C=CCCCCCCC)CO[C@H]1O[C@H](CS(=O)(=O)O)[C@@H](O)C(O)C1O. The zero-order valence-electron chi connectivity index (χ0n) is 36.6. The number of ether oxygens (including phenoxy) is 4. The predicted octanol–water partition coefficient (Wildman–Crippen LogP) is 9.10. The van der Waals surface area contributed by atoms with Gasteiger partial charge in [-0.05, 0) is 89.2 Å². The van der Waals surface area contributed by atoms with Gasteiger partial charge in [-0.25, -0.2) is 0 Å². The third-order valence-electron chi connectivity index (χ3n) is 9.84. The Hall–Kier alpha value is -2.87. The molecule has 0 aromatic rings.